The lowest BCUT2D eigenvalue weighted by molar-refractivity contribution is -0.145. The minimum atomic E-state index is -1.32. The van der Waals surface area contributed by atoms with Gasteiger partial charge in [-0.05, 0) is 61.6 Å². The molecule has 11 heteroatoms. The van der Waals surface area contributed by atoms with Gasteiger partial charge in [-0.15, -0.1) is 0 Å². The highest BCUT2D eigenvalue weighted by Crippen LogP contribution is 2.64. The number of carbonyl (C=O) groups is 5. The van der Waals surface area contributed by atoms with Gasteiger partial charge in [-0.1, -0.05) is 19.9 Å². The van der Waals surface area contributed by atoms with Crippen LogP contribution in [0.4, 0.5) is 0 Å². The van der Waals surface area contributed by atoms with E-state index in [0.29, 0.717) is 31.0 Å². The highest BCUT2D eigenvalue weighted by molar-refractivity contribution is 6.40. The Balaban J connectivity index is 1.25. The normalized spacial score (nSPS) is 27.0. The van der Waals surface area contributed by atoms with E-state index in [1.165, 1.54) is 0 Å². The first-order valence-corrected chi connectivity index (χ1v) is 14.5. The van der Waals surface area contributed by atoms with Gasteiger partial charge in [0.05, 0.1) is 7.11 Å². The molecule has 4 amide bonds. The average molecular weight is 564 g/mol. The smallest absolute Gasteiger partial charge is 0.288 e. The maximum atomic E-state index is 13.8. The summed E-state index contributed by atoms with van der Waals surface area (Å²) >= 11 is 0. The first kappa shape index (κ1) is 27.3. The van der Waals surface area contributed by atoms with Crippen molar-refractivity contribution in [2.45, 2.75) is 58.2 Å². The van der Waals surface area contributed by atoms with Gasteiger partial charge in [0.15, 0.2) is 0 Å². The summed E-state index contributed by atoms with van der Waals surface area (Å²) in [5.74, 6) is -3.75. The Hall–Kier alpha value is -3.89. The first-order valence-electron chi connectivity index (χ1n) is 14.5. The van der Waals surface area contributed by atoms with E-state index in [2.05, 4.69) is 34.8 Å². The lowest BCUT2D eigenvalue weighted by Gasteiger charge is -2.32. The van der Waals surface area contributed by atoms with Crippen molar-refractivity contribution in [1.29, 1.82) is 0 Å². The summed E-state index contributed by atoms with van der Waals surface area (Å²) in [5.41, 5.74) is 1.04. The van der Waals surface area contributed by atoms with Crippen molar-refractivity contribution in [3.05, 3.63) is 30.0 Å². The van der Waals surface area contributed by atoms with Crippen LogP contribution in [0, 0.1) is 29.1 Å². The van der Waals surface area contributed by atoms with Gasteiger partial charge >= 0.3 is 0 Å². The van der Waals surface area contributed by atoms with E-state index < -0.39 is 35.6 Å². The number of H-pyrrole nitrogens is 1. The molecule has 2 aliphatic carbocycles. The van der Waals surface area contributed by atoms with Crippen LogP contribution in [0.1, 0.15) is 56.4 Å². The van der Waals surface area contributed by atoms with Crippen LogP contribution >= 0.6 is 0 Å². The van der Waals surface area contributed by atoms with Gasteiger partial charge in [0.1, 0.15) is 23.5 Å². The molecule has 2 aromatic rings. The predicted molar refractivity (Wildman–Crippen MR) is 149 cm³/mol. The predicted octanol–water partition coefficient (Wildman–Crippen LogP) is 1.73. The standard InChI is InChI=1S/C30H37N5O6/c1-30(2)19-14-35(29(40)21-13-17-20(33-21)7-4-8-22(17)41-3)25(23(19)30)34-27(38)18(12-15-6-5-11-31-26(15)37)24(36)28(39)32-16-9-10-16/h4,7-8,13,15-16,18-19,23,25,33H,5-6,9-12,14H2,1-3H3,(H,31,37)(H,32,39)(H,34,38)/t15-,18-,19-,23-,25-/m0/s1. The number of Topliss-reactive ketones (excluding diaryl/α,β-unsaturated/α-hetero) is 1. The van der Waals surface area contributed by atoms with E-state index in [-0.39, 0.29) is 41.5 Å². The zero-order valence-corrected chi connectivity index (χ0v) is 23.6. The minimum absolute atomic E-state index is 0.00309. The van der Waals surface area contributed by atoms with E-state index in [1.54, 1.807) is 18.1 Å². The fourth-order valence-electron chi connectivity index (χ4n) is 6.80. The lowest BCUT2D eigenvalue weighted by atomic mass is 9.85. The summed E-state index contributed by atoms with van der Waals surface area (Å²) in [7, 11) is 1.57. The number of carbonyl (C=O) groups excluding carboxylic acids is 5. The second-order valence-corrected chi connectivity index (χ2v) is 12.5. The molecule has 4 aliphatic rings. The molecule has 11 nitrogen and oxygen atoms in total. The van der Waals surface area contributed by atoms with Crippen molar-refractivity contribution >= 4 is 40.3 Å². The van der Waals surface area contributed by atoms with E-state index in [9.17, 15) is 24.0 Å². The van der Waals surface area contributed by atoms with E-state index in [4.69, 9.17) is 4.74 Å². The number of aromatic nitrogens is 1. The van der Waals surface area contributed by atoms with Crippen molar-refractivity contribution in [3.63, 3.8) is 0 Å². The number of nitrogens with one attached hydrogen (secondary N) is 4. The third kappa shape index (κ3) is 4.95. The Kier molecular flexibility index (Phi) is 6.78. The fourth-order valence-corrected chi connectivity index (χ4v) is 6.80. The van der Waals surface area contributed by atoms with Crippen LogP contribution in [0.3, 0.4) is 0 Å². The maximum absolute atomic E-state index is 13.8. The molecule has 2 saturated carbocycles. The molecule has 0 unspecified atom stereocenters. The van der Waals surface area contributed by atoms with Crippen LogP contribution in [0.5, 0.6) is 5.75 Å². The summed E-state index contributed by atoms with van der Waals surface area (Å²) in [4.78, 5) is 71.0. The minimum Gasteiger partial charge on any atom is -0.496 e. The fraction of sp³-hybridized carbons (Fsp3) is 0.567. The largest absolute Gasteiger partial charge is 0.496 e. The number of fused-ring (bicyclic) bond motifs is 2. The summed E-state index contributed by atoms with van der Waals surface area (Å²) in [6.45, 7) is 5.23. The lowest BCUT2D eigenvalue weighted by Crippen LogP contribution is -2.54. The number of hydrogen-bond acceptors (Lipinski definition) is 6. The molecule has 4 fully saturated rings. The van der Waals surface area contributed by atoms with Gasteiger partial charge in [0.2, 0.25) is 17.6 Å². The number of nitrogens with zero attached hydrogens (tertiary/aromatic N) is 1. The third-order valence-corrected chi connectivity index (χ3v) is 9.52. The number of rotatable bonds is 9. The molecule has 41 heavy (non-hydrogen) atoms. The van der Waals surface area contributed by atoms with Gasteiger partial charge < -0.3 is 30.6 Å². The number of aromatic amines is 1. The number of piperidine rings is 2. The van der Waals surface area contributed by atoms with Gasteiger partial charge in [0, 0.05) is 41.9 Å². The molecule has 4 N–H and O–H groups in total. The molecule has 1 aromatic carbocycles. The summed E-state index contributed by atoms with van der Waals surface area (Å²) in [6.07, 6.45) is 2.20. The molecule has 218 valence electrons. The van der Waals surface area contributed by atoms with E-state index in [1.807, 2.05) is 18.2 Å². The molecule has 2 aliphatic heterocycles. The Morgan fingerprint density at radius 1 is 1.15 bits per heavy atom. The Labute approximate surface area is 238 Å². The Morgan fingerprint density at radius 3 is 2.63 bits per heavy atom. The van der Waals surface area contributed by atoms with Crippen LogP contribution in [0.2, 0.25) is 0 Å². The van der Waals surface area contributed by atoms with Crippen LogP contribution < -0.4 is 20.7 Å². The molecule has 0 bridgehead atoms. The highest BCUT2D eigenvalue weighted by Gasteiger charge is 2.68. The Morgan fingerprint density at radius 2 is 1.93 bits per heavy atom. The number of ketones is 1. The summed E-state index contributed by atoms with van der Waals surface area (Å²) in [6, 6.07) is 7.23. The number of likely N-dealkylation sites (tertiary alicyclic amines) is 1. The van der Waals surface area contributed by atoms with Gasteiger partial charge in [-0.2, -0.15) is 0 Å². The third-order valence-electron chi connectivity index (χ3n) is 9.52. The number of benzene rings is 1. The average Bonchev–Trinajstić information content (AvgIpc) is 3.72. The number of amides is 4. The summed E-state index contributed by atoms with van der Waals surface area (Å²) in [5, 5.41) is 9.25. The van der Waals surface area contributed by atoms with Crippen molar-refractivity contribution in [2.24, 2.45) is 29.1 Å². The van der Waals surface area contributed by atoms with Crippen molar-refractivity contribution in [1.82, 2.24) is 25.8 Å². The molecule has 0 spiro atoms. The SMILES string of the molecule is COc1cccc2[nH]c(C(=O)N3C[C@H]4[C@@H]([C@H]3NC(=O)[C@@H](C[C@@H]3CCCNC3=O)C(=O)C(=O)NC3CC3)C4(C)C)cc12. The molecular weight excluding hydrogens is 526 g/mol. The number of hydrogen-bond donors (Lipinski definition) is 4. The topological polar surface area (TPSA) is 150 Å². The highest BCUT2D eigenvalue weighted by atomic mass is 16.5. The zero-order chi connectivity index (χ0) is 29.1. The van der Waals surface area contributed by atoms with E-state index in [0.717, 1.165) is 30.2 Å². The van der Waals surface area contributed by atoms with E-state index >= 15 is 0 Å². The molecule has 0 radical (unpaired) electrons. The molecule has 6 rings (SSSR count). The monoisotopic (exact) mass is 563 g/mol. The first-order chi connectivity index (χ1) is 19.6. The second kappa shape index (κ2) is 10.2. The van der Waals surface area contributed by atoms with Crippen LogP contribution in [0.25, 0.3) is 10.9 Å². The van der Waals surface area contributed by atoms with Gasteiger partial charge in [0.25, 0.3) is 11.8 Å². The molecule has 3 heterocycles. The summed E-state index contributed by atoms with van der Waals surface area (Å²) < 4.78 is 5.44. The second-order valence-electron chi connectivity index (χ2n) is 12.5. The van der Waals surface area contributed by atoms with Crippen molar-refractivity contribution in [3.8, 4) is 5.75 Å². The molecule has 5 atom stereocenters. The van der Waals surface area contributed by atoms with Crippen LogP contribution in [-0.4, -0.2) is 71.7 Å². The quantitative estimate of drug-likeness (QED) is 0.270. The Bertz CT molecular complexity index is 1430. The molecule has 1 aromatic heterocycles. The van der Waals surface area contributed by atoms with Crippen molar-refractivity contribution < 1.29 is 28.7 Å². The van der Waals surface area contributed by atoms with Crippen LogP contribution in [0.15, 0.2) is 24.3 Å². The number of ether oxygens (including phenoxy) is 1. The van der Waals surface area contributed by atoms with Gasteiger partial charge in [-0.25, -0.2) is 0 Å². The number of methoxy groups -OCH3 is 1. The molecule has 2 saturated heterocycles. The van der Waals surface area contributed by atoms with Gasteiger partial charge in [-0.3, -0.25) is 24.0 Å². The maximum Gasteiger partial charge on any atom is 0.288 e. The van der Waals surface area contributed by atoms with Crippen molar-refractivity contribution in [2.75, 3.05) is 20.2 Å². The molecular formula is C30H37N5O6. The zero-order valence-electron chi connectivity index (χ0n) is 23.6. The van der Waals surface area contributed by atoms with Crippen LogP contribution in [-0.2, 0) is 19.2 Å².